The summed E-state index contributed by atoms with van der Waals surface area (Å²) in [6, 6.07) is 0. The highest BCUT2D eigenvalue weighted by atomic mass is 16.5. The summed E-state index contributed by atoms with van der Waals surface area (Å²) in [4.78, 5) is 11.5. The number of ether oxygens (including phenoxy) is 1. The van der Waals surface area contributed by atoms with Crippen LogP contribution in [0.3, 0.4) is 0 Å². The molecule has 0 aliphatic heterocycles. The molecule has 4 rings (SSSR count). The van der Waals surface area contributed by atoms with Gasteiger partial charge in [0.1, 0.15) is 6.10 Å². The number of rotatable bonds is 7. The molecule has 2 nitrogen and oxygen atoms in total. The summed E-state index contributed by atoms with van der Waals surface area (Å²) in [6.07, 6.45) is 17.3. The zero-order valence-corrected chi connectivity index (χ0v) is 22.8. The van der Waals surface area contributed by atoms with Gasteiger partial charge >= 0.3 is 5.97 Å². The van der Waals surface area contributed by atoms with Gasteiger partial charge in [-0.15, -0.1) is 0 Å². The lowest BCUT2D eigenvalue weighted by molar-refractivity contribution is -0.152. The Morgan fingerprint density at radius 3 is 2.39 bits per heavy atom. The summed E-state index contributed by atoms with van der Waals surface area (Å²) < 4.78 is 5.65. The highest BCUT2D eigenvalue weighted by molar-refractivity contribution is 5.66. The number of hydrogen-bond donors (Lipinski definition) is 0. The van der Waals surface area contributed by atoms with Gasteiger partial charge in [-0.2, -0.15) is 0 Å². The van der Waals surface area contributed by atoms with E-state index < -0.39 is 0 Å². The Labute approximate surface area is 204 Å². The first-order chi connectivity index (χ1) is 15.6. The molecule has 0 heterocycles. The van der Waals surface area contributed by atoms with E-state index in [1.165, 1.54) is 57.8 Å². The van der Waals surface area contributed by atoms with Crippen LogP contribution in [0.4, 0.5) is 0 Å². The lowest BCUT2D eigenvalue weighted by atomic mass is 9.47. The molecule has 0 spiro atoms. The van der Waals surface area contributed by atoms with Gasteiger partial charge < -0.3 is 4.74 Å². The third kappa shape index (κ3) is 4.58. The molecule has 188 valence electrons. The number of carbonyl (C=O) groups is 1. The maximum Gasteiger partial charge on any atom is 0.302 e. The fourth-order valence-electron chi connectivity index (χ4n) is 9.48. The Morgan fingerprint density at radius 1 is 1.03 bits per heavy atom. The van der Waals surface area contributed by atoms with Gasteiger partial charge in [-0.3, -0.25) is 4.79 Å². The molecule has 0 saturated heterocycles. The van der Waals surface area contributed by atoms with Crippen molar-refractivity contribution in [1.82, 2.24) is 0 Å². The molecule has 0 aromatic rings. The molecule has 0 bridgehead atoms. The van der Waals surface area contributed by atoms with E-state index in [-0.39, 0.29) is 12.1 Å². The number of fused-ring (bicyclic) bond motifs is 5. The molecule has 0 aromatic heterocycles. The van der Waals surface area contributed by atoms with Gasteiger partial charge in [0.2, 0.25) is 0 Å². The van der Waals surface area contributed by atoms with Crippen LogP contribution in [-0.4, -0.2) is 12.1 Å². The molecule has 0 amide bonds. The standard InChI is InChI=1S/C31H52O2/c1-8-23(20(2)3)10-9-21(4)27-13-14-28-26-12-11-24-19-25(33-22(5)32)15-17-30(24,6)29(26)16-18-31(27,28)7/h12,20-21,23-25,27-29H,8-11,13-19H2,1-7H3/t21-,23+,24+,25+,27-,28+,29+,30+,31-/m1/s1. The van der Waals surface area contributed by atoms with Gasteiger partial charge in [0, 0.05) is 6.92 Å². The van der Waals surface area contributed by atoms with Crippen molar-refractivity contribution in [1.29, 1.82) is 0 Å². The largest absolute Gasteiger partial charge is 0.463 e. The van der Waals surface area contributed by atoms with Crippen LogP contribution in [0.25, 0.3) is 0 Å². The van der Waals surface area contributed by atoms with Gasteiger partial charge in [0.25, 0.3) is 0 Å². The molecular weight excluding hydrogens is 404 g/mol. The van der Waals surface area contributed by atoms with Crippen molar-refractivity contribution >= 4 is 5.97 Å². The van der Waals surface area contributed by atoms with Crippen molar-refractivity contribution in [2.75, 3.05) is 0 Å². The molecule has 0 unspecified atom stereocenters. The minimum absolute atomic E-state index is 0.103. The Bertz CT molecular complexity index is 737. The molecular formula is C31H52O2. The maximum atomic E-state index is 11.5. The molecule has 3 saturated carbocycles. The topological polar surface area (TPSA) is 26.3 Å². The summed E-state index contributed by atoms with van der Waals surface area (Å²) in [5.74, 6) is 5.65. The smallest absolute Gasteiger partial charge is 0.302 e. The van der Waals surface area contributed by atoms with Crippen LogP contribution in [0.15, 0.2) is 11.6 Å². The van der Waals surface area contributed by atoms with E-state index in [2.05, 4.69) is 47.6 Å². The van der Waals surface area contributed by atoms with Gasteiger partial charge in [-0.05, 0) is 110 Å². The van der Waals surface area contributed by atoms with Crippen molar-refractivity contribution in [2.45, 2.75) is 125 Å². The Balaban J connectivity index is 1.46. The third-order valence-corrected chi connectivity index (χ3v) is 11.6. The molecule has 0 aromatic carbocycles. The highest BCUT2D eigenvalue weighted by Gasteiger charge is 2.58. The van der Waals surface area contributed by atoms with E-state index in [9.17, 15) is 4.79 Å². The van der Waals surface area contributed by atoms with Crippen LogP contribution in [0, 0.1) is 52.3 Å². The highest BCUT2D eigenvalue weighted by Crippen LogP contribution is 2.67. The predicted octanol–water partition coefficient (Wildman–Crippen LogP) is 8.60. The van der Waals surface area contributed by atoms with Crippen molar-refractivity contribution in [3.8, 4) is 0 Å². The zero-order chi connectivity index (χ0) is 24.0. The molecule has 0 radical (unpaired) electrons. The summed E-state index contributed by atoms with van der Waals surface area (Å²) in [7, 11) is 0. The second-order valence-corrected chi connectivity index (χ2v) is 13.4. The minimum Gasteiger partial charge on any atom is -0.463 e. The van der Waals surface area contributed by atoms with E-state index >= 15 is 0 Å². The van der Waals surface area contributed by atoms with E-state index in [0.717, 1.165) is 48.3 Å². The van der Waals surface area contributed by atoms with Crippen molar-refractivity contribution in [3.05, 3.63) is 11.6 Å². The quantitative estimate of drug-likeness (QED) is 0.283. The van der Waals surface area contributed by atoms with E-state index in [0.29, 0.717) is 16.7 Å². The van der Waals surface area contributed by atoms with Gasteiger partial charge in [-0.25, -0.2) is 0 Å². The summed E-state index contributed by atoms with van der Waals surface area (Å²) >= 11 is 0. The first kappa shape index (κ1) is 25.3. The van der Waals surface area contributed by atoms with Gasteiger partial charge in [-0.1, -0.05) is 66.0 Å². The SMILES string of the molecule is CC[C@@H](CC[C@@H](C)[C@H]1CC[C@H]2C3=CC[C@H]4C[C@@H](OC(C)=O)CC[C@]4(C)[C@H]3CC[C@]12C)C(C)C. The molecule has 33 heavy (non-hydrogen) atoms. The normalized spacial score (nSPS) is 42.1. The number of allylic oxidation sites excluding steroid dienone is 2. The van der Waals surface area contributed by atoms with Crippen LogP contribution in [0.2, 0.25) is 0 Å². The first-order valence-electron chi connectivity index (χ1n) is 14.5. The third-order valence-electron chi connectivity index (χ3n) is 11.6. The van der Waals surface area contributed by atoms with Crippen LogP contribution >= 0.6 is 0 Å². The number of esters is 1. The van der Waals surface area contributed by atoms with Crippen LogP contribution in [-0.2, 0) is 9.53 Å². The van der Waals surface area contributed by atoms with Crippen molar-refractivity contribution < 1.29 is 9.53 Å². The van der Waals surface area contributed by atoms with E-state index in [1.807, 2.05) is 5.57 Å². The summed E-state index contributed by atoms with van der Waals surface area (Å²) in [5.41, 5.74) is 2.79. The Kier molecular flexibility index (Phi) is 7.43. The van der Waals surface area contributed by atoms with E-state index in [1.54, 1.807) is 6.92 Å². The Morgan fingerprint density at radius 2 is 1.73 bits per heavy atom. The van der Waals surface area contributed by atoms with Gasteiger partial charge in [0.05, 0.1) is 0 Å². The zero-order valence-electron chi connectivity index (χ0n) is 22.8. The van der Waals surface area contributed by atoms with Crippen molar-refractivity contribution in [2.24, 2.45) is 52.3 Å². The Hall–Kier alpha value is -0.790. The average Bonchev–Trinajstić information content (AvgIpc) is 3.11. The fraction of sp³-hybridized carbons (Fsp3) is 0.903. The molecule has 4 aliphatic carbocycles. The maximum absolute atomic E-state index is 11.5. The minimum atomic E-state index is -0.103. The second kappa shape index (κ2) is 9.69. The first-order valence-corrected chi connectivity index (χ1v) is 14.5. The fourth-order valence-corrected chi connectivity index (χ4v) is 9.48. The lowest BCUT2D eigenvalue weighted by Gasteiger charge is -2.58. The van der Waals surface area contributed by atoms with Crippen LogP contribution in [0.1, 0.15) is 119 Å². The van der Waals surface area contributed by atoms with E-state index in [4.69, 9.17) is 4.74 Å². The molecule has 9 atom stereocenters. The average molecular weight is 457 g/mol. The molecule has 0 N–H and O–H groups in total. The monoisotopic (exact) mass is 456 g/mol. The van der Waals surface area contributed by atoms with Gasteiger partial charge in [0.15, 0.2) is 0 Å². The number of carbonyl (C=O) groups excluding carboxylic acids is 1. The molecule has 3 fully saturated rings. The molecule has 4 aliphatic rings. The van der Waals surface area contributed by atoms with Crippen LogP contribution < -0.4 is 0 Å². The lowest BCUT2D eigenvalue weighted by Crippen LogP contribution is -2.50. The predicted molar refractivity (Wildman–Crippen MR) is 138 cm³/mol. The van der Waals surface area contributed by atoms with Crippen molar-refractivity contribution in [3.63, 3.8) is 0 Å². The number of hydrogen-bond acceptors (Lipinski definition) is 2. The second-order valence-electron chi connectivity index (χ2n) is 13.4. The summed E-state index contributed by atoms with van der Waals surface area (Å²) in [5, 5.41) is 0. The molecule has 2 heteroatoms. The van der Waals surface area contributed by atoms with Crippen LogP contribution in [0.5, 0.6) is 0 Å². The summed E-state index contributed by atoms with van der Waals surface area (Å²) in [6.45, 7) is 16.6.